The highest BCUT2D eigenvalue weighted by atomic mass is 35.5. The summed E-state index contributed by atoms with van der Waals surface area (Å²) in [5.41, 5.74) is 5.50. The molecule has 0 atom stereocenters. The average Bonchev–Trinajstić information content (AvgIpc) is 2.95. The van der Waals surface area contributed by atoms with Gasteiger partial charge in [-0.25, -0.2) is 9.78 Å². The number of nitrogens with one attached hydrogen (secondary N) is 3. The molecule has 4 heterocycles. The van der Waals surface area contributed by atoms with Crippen LogP contribution in [0.25, 0.3) is 0 Å². The largest absolute Gasteiger partial charge is 0.368 e. The molecule has 4 aromatic rings. The second-order valence-electron chi connectivity index (χ2n) is 9.48. The van der Waals surface area contributed by atoms with Gasteiger partial charge >= 0.3 is 6.03 Å². The third kappa shape index (κ3) is 5.84. The highest BCUT2D eigenvalue weighted by Crippen LogP contribution is 2.29. The number of amides is 2. The number of rotatable bonds is 2. The zero-order valence-corrected chi connectivity index (χ0v) is 22.5. The molecule has 6 rings (SSSR count). The van der Waals surface area contributed by atoms with Crippen molar-refractivity contribution in [2.45, 2.75) is 12.8 Å². The first-order valence-corrected chi connectivity index (χ1v) is 13.5. The van der Waals surface area contributed by atoms with E-state index in [-0.39, 0.29) is 6.03 Å². The van der Waals surface area contributed by atoms with E-state index in [1.807, 2.05) is 59.6 Å². The number of piperazine rings is 1. The highest BCUT2D eigenvalue weighted by Gasteiger charge is 2.22. The van der Waals surface area contributed by atoms with E-state index < -0.39 is 0 Å². The molecule has 3 N–H and O–H groups in total. The Morgan fingerprint density at radius 1 is 0.897 bits per heavy atom. The SMILES string of the molecule is O=C(Nc1ccc2cc1CCc1cncc(c1)Nc1ncc(Cl)c(n1)N2)N1CCN(c2cccc(Cl)c2)CC1. The first kappa shape index (κ1) is 25.2. The molecule has 9 nitrogen and oxygen atoms in total. The van der Waals surface area contributed by atoms with Crippen LogP contribution in [-0.2, 0) is 12.8 Å². The van der Waals surface area contributed by atoms with Crippen LogP contribution in [0.1, 0.15) is 11.1 Å². The van der Waals surface area contributed by atoms with Gasteiger partial charge in [-0.2, -0.15) is 4.98 Å². The van der Waals surface area contributed by atoms with E-state index in [1.165, 1.54) is 0 Å². The standard InChI is InChI=1S/C28H26Cl2N8O/c29-20-2-1-3-23(14-20)37-8-10-38(11-9-37)28(39)35-25-7-6-21-13-19(25)5-4-18-12-22(16-31-15-18)34-27-32-17-24(30)26(33-21)36-27/h1-3,6-7,12-17H,4-5,8-11H2,(H,35,39)(H2,32,33,34,36). The molecule has 2 aliphatic rings. The monoisotopic (exact) mass is 560 g/mol. The third-order valence-electron chi connectivity index (χ3n) is 6.83. The second kappa shape index (κ2) is 11.0. The van der Waals surface area contributed by atoms with Crippen molar-refractivity contribution in [3.05, 3.63) is 88.3 Å². The number of hydrogen-bond donors (Lipinski definition) is 3. The van der Waals surface area contributed by atoms with E-state index in [4.69, 9.17) is 23.2 Å². The van der Waals surface area contributed by atoms with Gasteiger partial charge in [-0.3, -0.25) is 4.98 Å². The van der Waals surface area contributed by atoms with Crippen molar-refractivity contribution in [1.29, 1.82) is 0 Å². The number of benzene rings is 2. The second-order valence-corrected chi connectivity index (χ2v) is 10.3. The number of halogens is 2. The van der Waals surface area contributed by atoms with Gasteiger partial charge in [0.25, 0.3) is 0 Å². The molecule has 2 amide bonds. The molecule has 39 heavy (non-hydrogen) atoms. The normalized spacial score (nSPS) is 14.7. The predicted molar refractivity (Wildman–Crippen MR) is 156 cm³/mol. The van der Waals surface area contributed by atoms with E-state index >= 15 is 0 Å². The highest BCUT2D eigenvalue weighted by molar-refractivity contribution is 6.33. The number of urea groups is 1. The summed E-state index contributed by atoms with van der Waals surface area (Å²) < 4.78 is 0. The van der Waals surface area contributed by atoms with Gasteiger partial charge in [-0.1, -0.05) is 29.3 Å². The molecular weight excluding hydrogens is 535 g/mol. The molecule has 198 valence electrons. The quantitative estimate of drug-likeness (QED) is 0.271. The van der Waals surface area contributed by atoms with Crippen LogP contribution in [0.5, 0.6) is 0 Å². The van der Waals surface area contributed by atoms with Gasteiger partial charge in [0.15, 0.2) is 5.82 Å². The van der Waals surface area contributed by atoms with Crippen LogP contribution in [0.3, 0.4) is 0 Å². The molecule has 0 radical (unpaired) electrons. The van der Waals surface area contributed by atoms with Crippen molar-refractivity contribution >= 4 is 63.7 Å². The van der Waals surface area contributed by atoms with E-state index in [0.29, 0.717) is 41.3 Å². The lowest BCUT2D eigenvalue weighted by Crippen LogP contribution is -2.50. The number of aryl methyl sites for hydroxylation is 2. The number of carbonyl (C=O) groups is 1. The number of aromatic nitrogens is 3. The number of hydrogen-bond acceptors (Lipinski definition) is 7. The van der Waals surface area contributed by atoms with Gasteiger partial charge in [0, 0.05) is 54.5 Å². The molecule has 6 bridgehead atoms. The van der Waals surface area contributed by atoms with Crippen molar-refractivity contribution in [2.24, 2.45) is 0 Å². The zero-order chi connectivity index (χ0) is 26.8. The molecule has 2 aliphatic heterocycles. The summed E-state index contributed by atoms with van der Waals surface area (Å²) in [6.07, 6.45) is 6.57. The van der Waals surface area contributed by atoms with Gasteiger partial charge in [0.05, 0.1) is 18.1 Å². The zero-order valence-electron chi connectivity index (χ0n) is 21.0. The lowest BCUT2D eigenvalue weighted by atomic mass is 10.0. The van der Waals surface area contributed by atoms with Crippen molar-refractivity contribution in [1.82, 2.24) is 19.9 Å². The predicted octanol–water partition coefficient (Wildman–Crippen LogP) is 6.12. The Labute approximate surface area is 236 Å². The summed E-state index contributed by atoms with van der Waals surface area (Å²) in [4.78, 5) is 30.5. The van der Waals surface area contributed by atoms with Crippen molar-refractivity contribution in [2.75, 3.05) is 47.0 Å². The minimum Gasteiger partial charge on any atom is -0.368 e. The van der Waals surface area contributed by atoms with E-state index in [0.717, 1.165) is 53.4 Å². The Morgan fingerprint density at radius 3 is 2.62 bits per heavy atom. The van der Waals surface area contributed by atoms with Crippen LogP contribution in [0.4, 0.5) is 39.3 Å². The Bertz CT molecular complexity index is 1520. The molecule has 0 saturated carbocycles. The summed E-state index contributed by atoms with van der Waals surface area (Å²) in [6, 6.07) is 15.6. The third-order valence-corrected chi connectivity index (χ3v) is 7.34. The number of nitrogens with zero attached hydrogens (tertiary/aromatic N) is 5. The van der Waals surface area contributed by atoms with Crippen LogP contribution in [-0.4, -0.2) is 52.1 Å². The maximum absolute atomic E-state index is 13.3. The lowest BCUT2D eigenvalue weighted by Gasteiger charge is -2.36. The molecule has 1 fully saturated rings. The van der Waals surface area contributed by atoms with Crippen LogP contribution in [0, 0.1) is 0 Å². The van der Waals surface area contributed by atoms with Crippen LogP contribution in [0.15, 0.2) is 67.1 Å². The van der Waals surface area contributed by atoms with Crippen molar-refractivity contribution < 1.29 is 4.79 Å². The Kier molecular flexibility index (Phi) is 7.08. The smallest absolute Gasteiger partial charge is 0.321 e. The van der Waals surface area contributed by atoms with Crippen LogP contribution in [0.2, 0.25) is 10.0 Å². The Hall–Kier alpha value is -4.08. The van der Waals surface area contributed by atoms with Crippen molar-refractivity contribution in [3.63, 3.8) is 0 Å². The van der Waals surface area contributed by atoms with E-state index in [2.05, 4.69) is 35.8 Å². The van der Waals surface area contributed by atoms with Gasteiger partial charge in [-0.15, -0.1) is 0 Å². The van der Waals surface area contributed by atoms with E-state index in [9.17, 15) is 4.79 Å². The average molecular weight is 561 g/mol. The lowest BCUT2D eigenvalue weighted by molar-refractivity contribution is 0.208. The first-order chi connectivity index (χ1) is 19.0. The molecule has 2 aromatic carbocycles. The molecule has 0 aliphatic carbocycles. The fraction of sp³-hybridized carbons (Fsp3) is 0.214. The summed E-state index contributed by atoms with van der Waals surface area (Å²) in [6.45, 7) is 2.71. The van der Waals surface area contributed by atoms with Gasteiger partial charge in [0.2, 0.25) is 5.95 Å². The maximum atomic E-state index is 13.3. The molecular formula is C28H26Cl2N8O. The molecule has 2 aromatic heterocycles. The topological polar surface area (TPSA) is 98.3 Å². The Morgan fingerprint density at radius 2 is 1.77 bits per heavy atom. The number of anilines is 6. The molecule has 0 unspecified atom stereocenters. The molecule has 1 saturated heterocycles. The first-order valence-electron chi connectivity index (χ1n) is 12.7. The number of carbonyl (C=O) groups excluding carboxylic acids is 1. The summed E-state index contributed by atoms with van der Waals surface area (Å²) in [5.74, 6) is 0.900. The fourth-order valence-corrected chi connectivity index (χ4v) is 5.11. The number of fused-ring (bicyclic) bond motifs is 6. The fourth-order valence-electron chi connectivity index (χ4n) is 4.79. The summed E-state index contributed by atoms with van der Waals surface area (Å²) in [5, 5.41) is 10.7. The van der Waals surface area contributed by atoms with Crippen LogP contribution >= 0.6 is 23.2 Å². The minimum atomic E-state index is -0.114. The van der Waals surface area contributed by atoms with Crippen LogP contribution < -0.4 is 20.9 Å². The molecule has 11 heteroatoms. The molecule has 0 spiro atoms. The minimum absolute atomic E-state index is 0.114. The van der Waals surface area contributed by atoms with E-state index in [1.54, 1.807) is 12.4 Å². The Balaban J connectivity index is 1.21. The van der Waals surface area contributed by atoms with Gasteiger partial charge in [0.1, 0.15) is 5.02 Å². The van der Waals surface area contributed by atoms with Gasteiger partial charge in [-0.05, 0) is 66.4 Å². The summed E-state index contributed by atoms with van der Waals surface area (Å²) in [7, 11) is 0. The maximum Gasteiger partial charge on any atom is 0.321 e. The van der Waals surface area contributed by atoms with Gasteiger partial charge < -0.3 is 25.8 Å². The summed E-state index contributed by atoms with van der Waals surface area (Å²) >= 11 is 12.5. The number of pyridine rings is 1. The van der Waals surface area contributed by atoms with Crippen molar-refractivity contribution in [3.8, 4) is 0 Å².